The maximum Gasteiger partial charge on any atom is 0.246 e. The van der Waals surface area contributed by atoms with Crippen LogP contribution in [0.4, 0.5) is 10.1 Å². The Hall–Kier alpha value is -3.30. The Labute approximate surface area is 218 Å². The van der Waals surface area contributed by atoms with Gasteiger partial charge in [0.25, 0.3) is 0 Å². The third kappa shape index (κ3) is 7.14. The van der Waals surface area contributed by atoms with Gasteiger partial charge in [0.1, 0.15) is 11.9 Å². The fraction of sp³-hybridized carbons (Fsp3) is 0.464. The van der Waals surface area contributed by atoms with Crippen LogP contribution in [0.15, 0.2) is 48.5 Å². The smallest absolute Gasteiger partial charge is 0.246 e. The molecule has 0 bridgehead atoms. The Bertz CT molecular complexity index is 1090. The minimum absolute atomic E-state index is 0.0131. The first kappa shape index (κ1) is 28.3. The zero-order valence-corrected chi connectivity index (χ0v) is 22.1. The lowest BCUT2D eigenvalue weighted by atomic mass is 9.91. The van der Waals surface area contributed by atoms with Gasteiger partial charge in [-0.15, -0.1) is 0 Å². The number of nitrogens with two attached hydrogens (primary N) is 1. The number of hydrogen-bond acceptors (Lipinski definition) is 4. The van der Waals surface area contributed by atoms with Gasteiger partial charge >= 0.3 is 0 Å². The molecule has 4 atom stereocenters. The summed E-state index contributed by atoms with van der Waals surface area (Å²) in [6.45, 7) is 8.26. The van der Waals surface area contributed by atoms with Crippen molar-refractivity contribution in [3.63, 3.8) is 0 Å². The minimum Gasteiger partial charge on any atom is -0.344 e. The molecular formula is C28H39FN5O3+. The number of piperazine rings is 1. The Morgan fingerprint density at radius 3 is 2.27 bits per heavy atom. The Morgan fingerprint density at radius 2 is 1.68 bits per heavy atom. The molecule has 1 aliphatic rings. The van der Waals surface area contributed by atoms with Crippen molar-refractivity contribution in [3.05, 3.63) is 65.5 Å². The van der Waals surface area contributed by atoms with Crippen LogP contribution in [0.3, 0.4) is 0 Å². The molecule has 2 aromatic rings. The highest BCUT2D eigenvalue weighted by atomic mass is 19.1. The van der Waals surface area contributed by atoms with E-state index in [2.05, 4.69) is 17.7 Å². The van der Waals surface area contributed by atoms with E-state index in [9.17, 15) is 14.4 Å². The summed E-state index contributed by atoms with van der Waals surface area (Å²) < 4.78 is 15.1. The molecule has 0 unspecified atom stereocenters. The molecule has 1 saturated heterocycles. The van der Waals surface area contributed by atoms with Crippen LogP contribution >= 0.6 is 0 Å². The van der Waals surface area contributed by atoms with Crippen molar-refractivity contribution in [1.29, 1.82) is 0 Å². The Morgan fingerprint density at radius 1 is 1.03 bits per heavy atom. The van der Waals surface area contributed by atoms with Crippen molar-refractivity contribution in [2.24, 2.45) is 5.73 Å². The van der Waals surface area contributed by atoms with Crippen molar-refractivity contribution in [1.82, 2.24) is 10.2 Å². The maximum atomic E-state index is 15.1. The third-order valence-electron chi connectivity index (χ3n) is 7.28. The fourth-order valence-electron chi connectivity index (χ4n) is 4.50. The molecule has 5 N–H and O–H groups in total. The van der Waals surface area contributed by atoms with E-state index in [4.69, 9.17) is 5.73 Å². The lowest BCUT2D eigenvalue weighted by molar-refractivity contribution is -0.883. The van der Waals surface area contributed by atoms with E-state index in [1.54, 1.807) is 24.8 Å². The fourth-order valence-corrected chi connectivity index (χ4v) is 4.50. The van der Waals surface area contributed by atoms with E-state index < -0.39 is 29.7 Å². The van der Waals surface area contributed by atoms with Crippen LogP contribution in [0.25, 0.3) is 0 Å². The number of anilines is 1. The largest absolute Gasteiger partial charge is 0.344 e. The molecule has 1 fully saturated rings. The Kier molecular flexibility index (Phi) is 9.77. The summed E-state index contributed by atoms with van der Waals surface area (Å²) in [7, 11) is 2.08. The molecule has 0 saturated carbocycles. The zero-order chi connectivity index (χ0) is 27.1. The number of quaternary nitrogens is 1. The lowest BCUT2D eigenvalue weighted by Crippen LogP contribution is -3.12. The topological polar surface area (TPSA) is 109 Å². The van der Waals surface area contributed by atoms with Gasteiger partial charge in [-0.25, -0.2) is 4.39 Å². The minimum atomic E-state index is -0.864. The first-order chi connectivity index (χ1) is 17.6. The normalized spacial score (nSPS) is 17.4. The van der Waals surface area contributed by atoms with Gasteiger partial charge in [-0.3, -0.25) is 14.4 Å². The molecule has 0 aliphatic carbocycles. The van der Waals surface area contributed by atoms with Gasteiger partial charge in [-0.05, 0) is 23.3 Å². The van der Waals surface area contributed by atoms with Crippen LogP contribution in [0.1, 0.15) is 50.2 Å². The van der Waals surface area contributed by atoms with Crippen LogP contribution < -0.4 is 21.3 Å². The molecule has 0 spiro atoms. The van der Waals surface area contributed by atoms with Crippen molar-refractivity contribution in [3.8, 4) is 0 Å². The quantitative estimate of drug-likeness (QED) is 0.406. The third-order valence-corrected chi connectivity index (χ3v) is 7.28. The van der Waals surface area contributed by atoms with Crippen molar-refractivity contribution < 1.29 is 23.7 Å². The molecule has 9 heteroatoms. The highest BCUT2D eigenvalue weighted by molar-refractivity contribution is 5.95. The number of halogens is 1. The highest BCUT2D eigenvalue weighted by Gasteiger charge is 2.33. The predicted octanol–water partition coefficient (Wildman–Crippen LogP) is 1.25. The van der Waals surface area contributed by atoms with Gasteiger partial charge in [0.05, 0.1) is 45.0 Å². The number of carbonyl (C=O) groups excluding carboxylic acids is 3. The average Bonchev–Trinajstić information content (AvgIpc) is 2.91. The van der Waals surface area contributed by atoms with Crippen LogP contribution in [-0.2, 0) is 14.4 Å². The molecular weight excluding hydrogens is 473 g/mol. The van der Waals surface area contributed by atoms with Gasteiger partial charge in [-0.2, -0.15) is 0 Å². The number of benzene rings is 2. The number of likely N-dealkylation sites (N-methyl/N-ethyl adjacent to an activating group) is 1. The number of amides is 3. The maximum absolute atomic E-state index is 15.1. The molecule has 1 aliphatic heterocycles. The van der Waals surface area contributed by atoms with E-state index in [0.29, 0.717) is 18.7 Å². The van der Waals surface area contributed by atoms with E-state index in [-0.39, 0.29) is 29.8 Å². The molecule has 3 rings (SSSR count). The van der Waals surface area contributed by atoms with Crippen LogP contribution in [-0.4, -0.2) is 67.9 Å². The van der Waals surface area contributed by atoms with Gasteiger partial charge in [0.15, 0.2) is 0 Å². The average molecular weight is 513 g/mol. The first-order valence-electron chi connectivity index (χ1n) is 12.9. The lowest BCUT2D eigenvalue weighted by Gasteiger charge is -2.34. The molecule has 8 nitrogen and oxygen atoms in total. The second-order valence-electron chi connectivity index (χ2n) is 9.92. The molecule has 0 aromatic heterocycles. The van der Waals surface area contributed by atoms with Gasteiger partial charge in [-0.1, -0.05) is 57.2 Å². The molecule has 2 aromatic carbocycles. The van der Waals surface area contributed by atoms with E-state index in [1.807, 2.05) is 37.3 Å². The van der Waals surface area contributed by atoms with Crippen molar-refractivity contribution in [2.75, 3.05) is 38.5 Å². The summed E-state index contributed by atoms with van der Waals surface area (Å²) in [5, 5.41) is 5.43. The van der Waals surface area contributed by atoms with E-state index in [0.717, 1.165) is 18.7 Å². The van der Waals surface area contributed by atoms with Crippen molar-refractivity contribution in [2.45, 2.75) is 51.1 Å². The number of rotatable bonds is 9. The van der Waals surface area contributed by atoms with E-state index in [1.165, 1.54) is 17.0 Å². The van der Waals surface area contributed by atoms with Gasteiger partial charge < -0.3 is 26.2 Å². The van der Waals surface area contributed by atoms with Crippen LogP contribution in [0.5, 0.6) is 0 Å². The molecule has 3 amide bonds. The Balaban J connectivity index is 1.74. The van der Waals surface area contributed by atoms with Gasteiger partial charge in [0.2, 0.25) is 17.7 Å². The number of nitrogens with zero attached hydrogens (tertiary/aromatic N) is 1. The molecule has 200 valence electrons. The monoisotopic (exact) mass is 512 g/mol. The SMILES string of the molecule is CCC(=O)N[C@@H](C(=O)N1CC[NH+](C)CC1)[C@@H](C)c1ccc(NC(=O)[C@@H](N)[C@H](C)c2ccccc2)c(F)c1. The summed E-state index contributed by atoms with van der Waals surface area (Å²) >= 11 is 0. The summed E-state index contributed by atoms with van der Waals surface area (Å²) in [6.07, 6.45) is 0.240. The predicted molar refractivity (Wildman–Crippen MR) is 142 cm³/mol. The van der Waals surface area contributed by atoms with Crippen LogP contribution in [0.2, 0.25) is 0 Å². The number of carbonyl (C=O) groups is 3. The zero-order valence-electron chi connectivity index (χ0n) is 22.1. The van der Waals surface area contributed by atoms with Gasteiger partial charge in [0, 0.05) is 18.3 Å². The molecule has 37 heavy (non-hydrogen) atoms. The second-order valence-corrected chi connectivity index (χ2v) is 9.92. The molecule has 0 radical (unpaired) electrons. The second kappa shape index (κ2) is 12.8. The van der Waals surface area contributed by atoms with E-state index >= 15 is 4.39 Å². The summed E-state index contributed by atoms with van der Waals surface area (Å²) in [5.41, 5.74) is 7.64. The van der Waals surface area contributed by atoms with Crippen molar-refractivity contribution >= 4 is 23.4 Å². The number of hydrogen-bond donors (Lipinski definition) is 4. The summed E-state index contributed by atoms with van der Waals surface area (Å²) in [6, 6.07) is 12.2. The summed E-state index contributed by atoms with van der Waals surface area (Å²) in [4.78, 5) is 41.5. The highest BCUT2D eigenvalue weighted by Crippen LogP contribution is 2.26. The standard InChI is InChI=1S/C28H38FN5O3/c1-5-24(35)32-26(28(37)34-15-13-33(4)14-16-34)19(3)21-11-12-23(22(29)17-21)31-27(36)25(30)18(2)20-9-7-6-8-10-20/h6-12,17-19,25-26H,5,13-16,30H2,1-4H3,(H,31,36)(H,32,35)/p+1/t18-,19+,25+,26-/m1/s1. The number of nitrogens with one attached hydrogen (secondary N) is 3. The summed E-state index contributed by atoms with van der Waals surface area (Å²) in [5.74, 6) is -2.26. The van der Waals surface area contributed by atoms with Crippen LogP contribution in [0, 0.1) is 5.82 Å². The first-order valence-corrected chi connectivity index (χ1v) is 12.9. The molecule has 1 heterocycles.